The van der Waals surface area contributed by atoms with Crippen LogP contribution in [0, 0.1) is 0 Å². The molecule has 0 fully saturated rings. The summed E-state index contributed by atoms with van der Waals surface area (Å²) in [7, 11) is 0. The van der Waals surface area contributed by atoms with Gasteiger partial charge in [-0.2, -0.15) is 0 Å². The number of aliphatic hydroxyl groups excluding tert-OH is 1. The maximum Gasteiger partial charge on any atom is 0.246 e. The first-order valence-corrected chi connectivity index (χ1v) is 6.84. The predicted octanol–water partition coefficient (Wildman–Crippen LogP) is 3.14. The molecule has 0 spiro atoms. The van der Waals surface area contributed by atoms with Crippen LogP contribution in [0.3, 0.4) is 0 Å². The number of aliphatic hydroxyl groups is 1. The third-order valence-corrected chi connectivity index (χ3v) is 3.39. The number of anilines is 1. The van der Waals surface area contributed by atoms with Gasteiger partial charge in [0.15, 0.2) is 0 Å². The van der Waals surface area contributed by atoms with Gasteiger partial charge in [0.1, 0.15) is 5.38 Å². The highest BCUT2D eigenvalue weighted by atomic mass is 35.5. The van der Waals surface area contributed by atoms with Crippen LogP contribution in [0.5, 0.6) is 0 Å². The Labute approximate surface area is 123 Å². The number of halogens is 1. The molecule has 0 saturated carbocycles. The van der Waals surface area contributed by atoms with Crippen molar-refractivity contribution in [1.29, 1.82) is 0 Å². The van der Waals surface area contributed by atoms with Crippen molar-refractivity contribution in [3.05, 3.63) is 65.7 Å². The summed E-state index contributed by atoms with van der Waals surface area (Å²) < 4.78 is 0. The zero-order valence-corrected chi connectivity index (χ0v) is 11.7. The van der Waals surface area contributed by atoms with Crippen LogP contribution in [0.2, 0.25) is 0 Å². The van der Waals surface area contributed by atoms with Gasteiger partial charge in [-0.05, 0) is 29.7 Å². The van der Waals surface area contributed by atoms with Gasteiger partial charge >= 0.3 is 0 Å². The molecule has 4 heteroatoms. The third kappa shape index (κ3) is 3.83. The van der Waals surface area contributed by atoms with Gasteiger partial charge in [-0.15, -0.1) is 11.6 Å². The maximum absolute atomic E-state index is 12.0. The topological polar surface area (TPSA) is 49.3 Å². The highest BCUT2D eigenvalue weighted by Crippen LogP contribution is 2.22. The van der Waals surface area contributed by atoms with Gasteiger partial charge in [0.25, 0.3) is 0 Å². The summed E-state index contributed by atoms with van der Waals surface area (Å²) >= 11 is 6.14. The van der Waals surface area contributed by atoms with E-state index in [0.29, 0.717) is 12.1 Å². The lowest BCUT2D eigenvalue weighted by atomic mass is 10.1. The molecule has 0 radical (unpaired) electrons. The molecule has 0 aliphatic rings. The van der Waals surface area contributed by atoms with Crippen LogP contribution in [0.25, 0.3) is 0 Å². The predicted molar refractivity (Wildman–Crippen MR) is 80.9 cm³/mol. The highest BCUT2D eigenvalue weighted by molar-refractivity contribution is 6.32. The van der Waals surface area contributed by atoms with Crippen LogP contribution in [0.1, 0.15) is 16.5 Å². The van der Waals surface area contributed by atoms with Crippen molar-refractivity contribution in [3.8, 4) is 0 Å². The summed E-state index contributed by atoms with van der Waals surface area (Å²) in [6.45, 7) is 0.115. The molecule has 0 aliphatic carbocycles. The van der Waals surface area contributed by atoms with E-state index in [0.717, 1.165) is 11.1 Å². The molecular weight excluding hydrogens is 274 g/mol. The summed E-state index contributed by atoms with van der Waals surface area (Å²) in [5, 5.41) is 10.9. The van der Waals surface area contributed by atoms with E-state index in [1.807, 2.05) is 42.5 Å². The van der Waals surface area contributed by atoms with Crippen molar-refractivity contribution >= 4 is 23.2 Å². The fourth-order valence-electron chi connectivity index (χ4n) is 1.86. The number of hydrogen-bond acceptors (Lipinski definition) is 2. The minimum absolute atomic E-state index is 0.115. The average Bonchev–Trinajstić information content (AvgIpc) is 2.49. The largest absolute Gasteiger partial charge is 0.396 e. The molecular formula is C16H16ClNO2. The second-order valence-electron chi connectivity index (χ2n) is 4.43. The number of carbonyl (C=O) groups is 1. The van der Waals surface area contributed by atoms with Gasteiger partial charge in [0, 0.05) is 12.3 Å². The number of amides is 1. The standard InChI is InChI=1S/C16H16ClNO2/c17-15(13-4-2-1-3-5-13)16(20)18-14-8-6-12(7-9-14)10-11-19/h1-9,15,19H,10-11H2,(H,18,20). The van der Waals surface area contributed by atoms with E-state index in [-0.39, 0.29) is 12.5 Å². The Bertz CT molecular complexity index is 554. The lowest BCUT2D eigenvalue weighted by molar-refractivity contribution is -0.116. The Morgan fingerprint density at radius 2 is 1.75 bits per heavy atom. The summed E-state index contributed by atoms with van der Waals surface area (Å²) in [5.74, 6) is -0.257. The van der Waals surface area contributed by atoms with E-state index in [2.05, 4.69) is 5.32 Å². The lowest BCUT2D eigenvalue weighted by Crippen LogP contribution is -2.17. The fraction of sp³-hybridized carbons (Fsp3) is 0.188. The van der Waals surface area contributed by atoms with Crippen LogP contribution in [0.15, 0.2) is 54.6 Å². The van der Waals surface area contributed by atoms with Crippen LogP contribution < -0.4 is 5.32 Å². The van der Waals surface area contributed by atoms with E-state index in [1.165, 1.54) is 0 Å². The molecule has 0 aromatic heterocycles. The van der Waals surface area contributed by atoms with Gasteiger partial charge in [0.05, 0.1) is 0 Å². The minimum atomic E-state index is -0.715. The van der Waals surface area contributed by atoms with Crippen molar-refractivity contribution in [2.75, 3.05) is 11.9 Å². The Balaban J connectivity index is 2.00. The second-order valence-corrected chi connectivity index (χ2v) is 4.87. The van der Waals surface area contributed by atoms with E-state index >= 15 is 0 Å². The SMILES string of the molecule is O=C(Nc1ccc(CCO)cc1)C(Cl)c1ccccc1. The van der Waals surface area contributed by atoms with Crippen LogP contribution >= 0.6 is 11.6 Å². The molecule has 20 heavy (non-hydrogen) atoms. The molecule has 1 atom stereocenters. The van der Waals surface area contributed by atoms with Gasteiger partial charge in [-0.25, -0.2) is 0 Å². The van der Waals surface area contributed by atoms with Gasteiger partial charge in [0.2, 0.25) is 5.91 Å². The molecule has 1 unspecified atom stereocenters. The molecule has 3 nitrogen and oxygen atoms in total. The Morgan fingerprint density at radius 3 is 2.35 bits per heavy atom. The minimum Gasteiger partial charge on any atom is -0.396 e. The van der Waals surface area contributed by atoms with Crippen molar-refractivity contribution in [3.63, 3.8) is 0 Å². The van der Waals surface area contributed by atoms with Gasteiger partial charge < -0.3 is 10.4 Å². The zero-order chi connectivity index (χ0) is 14.4. The van der Waals surface area contributed by atoms with E-state index in [9.17, 15) is 4.79 Å². The average molecular weight is 290 g/mol. The molecule has 2 N–H and O–H groups in total. The Hall–Kier alpha value is -1.84. The molecule has 2 rings (SSSR count). The number of alkyl halides is 1. The van der Waals surface area contributed by atoms with Gasteiger partial charge in [-0.1, -0.05) is 42.5 Å². The second kappa shape index (κ2) is 7.08. The third-order valence-electron chi connectivity index (χ3n) is 2.94. The van der Waals surface area contributed by atoms with E-state index in [4.69, 9.17) is 16.7 Å². The first kappa shape index (κ1) is 14.6. The molecule has 1 amide bonds. The van der Waals surface area contributed by atoms with Gasteiger partial charge in [-0.3, -0.25) is 4.79 Å². The fourth-order valence-corrected chi connectivity index (χ4v) is 2.06. The van der Waals surface area contributed by atoms with E-state index < -0.39 is 5.38 Å². The zero-order valence-electron chi connectivity index (χ0n) is 10.9. The Morgan fingerprint density at radius 1 is 1.10 bits per heavy atom. The van der Waals surface area contributed by atoms with Crippen LogP contribution in [-0.2, 0) is 11.2 Å². The highest BCUT2D eigenvalue weighted by Gasteiger charge is 2.17. The molecule has 104 valence electrons. The van der Waals surface area contributed by atoms with Crippen molar-refractivity contribution in [1.82, 2.24) is 0 Å². The molecule has 0 bridgehead atoms. The number of carbonyl (C=O) groups excluding carboxylic acids is 1. The molecule has 0 heterocycles. The molecule has 2 aromatic carbocycles. The molecule has 0 saturated heterocycles. The van der Waals surface area contributed by atoms with Crippen LogP contribution in [0.4, 0.5) is 5.69 Å². The van der Waals surface area contributed by atoms with Crippen molar-refractivity contribution in [2.45, 2.75) is 11.8 Å². The Kier molecular flexibility index (Phi) is 5.16. The quantitative estimate of drug-likeness (QED) is 0.831. The van der Waals surface area contributed by atoms with Crippen molar-refractivity contribution in [2.24, 2.45) is 0 Å². The van der Waals surface area contributed by atoms with Crippen LogP contribution in [-0.4, -0.2) is 17.6 Å². The summed E-state index contributed by atoms with van der Waals surface area (Å²) in [5.41, 5.74) is 2.48. The molecule has 0 aliphatic heterocycles. The van der Waals surface area contributed by atoms with E-state index in [1.54, 1.807) is 12.1 Å². The smallest absolute Gasteiger partial charge is 0.246 e. The number of rotatable bonds is 5. The normalized spacial score (nSPS) is 11.9. The summed E-state index contributed by atoms with van der Waals surface area (Å²) in [6, 6.07) is 16.6. The number of hydrogen-bond donors (Lipinski definition) is 2. The first-order valence-electron chi connectivity index (χ1n) is 6.40. The molecule has 2 aromatic rings. The first-order chi connectivity index (χ1) is 9.70. The lowest BCUT2D eigenvalue weighted by Gasteiger charge is -2.11. The summed E-state index contributed by atoms with van der Waals surface area (Å²) in [6.07, 6.45) is 0.608. The number of benzene rings is 2. The number of nitrogens with one attached hydrogen (secondary N) is 1. The van der Waals surface area contributed by atoms with Crippen molar-refractivity contribution < 1.29 is 9.90 Å². The summed E-state index contributed by atoms with van der Waals surface area (Å²) in [4.78, 5) is 12.0. The monoisotopic (exact) mass is 289 g/mol. The maximum atomic E-state index is 12.0.